The summed E-state index contributed by atoms with van der Waals surface area (Å²) in [5, 5.41) is 3.45. The maximum atomic E-state index is 13.4. The van der Waals surface area contributed by atoms with E-state index in [1.807, 2.05) is 6.92 Å². The zero-order valence-corrected chi connectivity index (χ0v) is 19.9. The number of rotatable bonds is 6. The number of nitrogens with zero attached hydrogens (tertiary/aromatic N) is 2. The van der Waals surface area contributed by atoms with Gasteiger partial charge in [-0.15, -0.1) is 0 Å². The van der Waals surface area contributed by atoms with Crippen molar-refractivity contribution >= 4 is 50.0 Å². The minimum atomic E-state index is -0.640. The van der Waals surface area contributed by atoms with Crippen LogP contribution in [0.2, 0.25) is 5.02 Å². The molecule has 9 heteroatoms. The number of aromatic nitrogens is 2. The highest BCUT2D eigenvalue weighted by molar-refractivity contribution is 9.10. The van der Waals surface area contributed by atoms with Gasteiger partial charge in [0.2, 0.25) is 5.91 Å². The molecule has 1 aromatic heterocycles. The lowest BCUT2D eigenvalue weighted by atomic mass is 10.2. The highest BCUT2D eigenvalue weighted by atomic mass is 79.9. The lowest BCUT2D eigenvalue weighted by Crippen LogP contribution is -2.40. The third kappa shape index (κ3) is 4.86. The number of amides is 1. The number of halogens is 2. The maximum absolute atomic E-state index is 13.4. The molecule has 0 saturated carbocycles. The smallest absolute Gasteiger partial charge is 0.336 e. The molecule has 0 atom stereocenters. The van der Waals surface area contributed by atoms with Crippen molar-refractivity contribution < 1.29 is 9.53 Å². The van der Waals surface area contributed by atoms with E-state index in [4.69, 9.17) is 16.3 Å². The molecule has 0 spiro atoms. The summed E-state index contributed by atoms with van der Waals surface area (Å²) in [4.78, 5) is 39.4. The Balaban J connectivity index is 1.77. The maximum Gasteiger partial charge on any atom is 0.336 e. The molecule has 33 heavy (non-hydrogen) atoms. The van der Waals surface area contributed by atoms with E-state index in [0.717, 1.165) is 4.57 Å². The van der Waals surface area contributed by atoms with Gasteiger partial charge >= 0.3 is 5.69 Å². The van der Waals surface area contributed by atoms with E-state index in [1.54, 1.807) is 60.7 Å². The zero-order valence-electron chi connectivity index (χ0n) is 17.5. The van der Waals surface area contributed by atoms with E-state index in [0.29, 0.717) is 38.7 Å². The molecular weight excluding hydrogens is 510 g/mol. The van der Waals surface area contributed by atoms with Crippen LogP contribution in [0.15, 0.2) is 80.8 Å². The van der Waals surface area contributed by atoms with Gasteiger partial charge in [-0.25, -0.2) is 9.36 Å². The monoisotopic (exact) mass is 527 g/mol. The zero-order chi connectivity index (χ0) is 23.5. The average molecular weight is 529 g/mol. The minimum Gasteiger partial charge on any atom is -0.494 e. The van der Waals surface area contributed by atoms with Gasteiger partial charge in [0.15, 0.2) is 0 Å². The van der Waals surface area contributed by atoms with Crippen LogP contribution in [0.4, 0.5) is 5.69 Å². The van der Waals surface area contributed by atoms with E-state index < -0.39 is 17.2 Å². The van der Waals surface area contributed by atoms with Crippen molar-refractivity contribution in [1.29, 1.82) is 0 Å². The van der Waals surface area contributed by atoms with Crippen LogP contribution in [-0.2, 0) is 11.3 Å². The Morgan fingerprint density at radius 2 is 1.82 bits per heavy atom. The number of nitrogens with one attached hydrogen (secondary N) is 1. The largest absolute Gasteiger partial charge is 0.494 e. The lowest BCUT2D eigenvalue weighted by molar-refractivity contribution is -0.116. The standard InChI is InChI=1S/C24H19BrClN3O4/c1-2-33-19-9-7-17(8-10-19)27-22(30)14-28-21-11-6-15(25)12-20(21)23(31)29(24(28)32)18-5-3-4-16(26)13-18/h3-13H,2,14H2,1H3,(H,27,30). The van der Waals surface area contributed by atoms with Gasteiger partial charge in [-0.05, 0) is 67.6 Å². The Morgan fingerprint density at radius 3 is 2.52 bits per heavy atom. The first kappa shape index (κ1) is 22.8. The van der Waals surface area contributed by atoms with Crippen LogP contribution in [-0.4, -0.2) is 21.6 Å². The van der Waals surface area contributed by atoms with E-state index in [9.17, 15) is 14.4 Å². The first-order valence-electron chi connectivity index (χ1n) is 10.1. The van der Waals surface area contributed by atoms with Crippen molar-refractivity contribution in [3.05, 3.63) is 97.1 Å². The third-order valence-electron chi connectivity index (χ3n) is 4.92. The fraction of sp³-hybridized carbons (Fsp3) is 0.125. The second-order valence-electron chi connectivity index (χ2n) is 7.16. The Kier molecular flexibility index (Phi) is 6.67. The van der Waals surface area contributed by atoms with Gasteiger partial charge < -0.3 is 10.1 Å². The van der Waals surface area contributed by atoms with Crippen LogP contribution < -0.4 is 21.3 Å². The molecule has 1 amide bonds. The van der Waals surface area contributed by atoms with Gasteiger partial charge in [-0.1, -0.05) is 33.6 Å². The summed E-state index contributed by atoms with van der Waals surface area (Å²) in [7, 11) is 0. The SMILES string of the molecule is CCOc1ccc(NC(=O)Cn2c(=O)n(-c3cccc(Cl)c3)c(=O)c3cc(Br)ccc32)cc1. The number of anilines is 1. The molecule has 0 radical (unpaired) electrons. The first-order valence-corrected chi connectivity index (χ1v) is 11.3. The number of hydrogen-bond donors (Lipinski definition) is 1. The highest BCUT2D eigenvalue weighted by Gasteiger charge is 2.17. The second-order valence-corrected chi connectivity index (χ2v) is 8.51. The van der Waals surface area contributed by atoms with E-state index >= 15 is 0 Å². The van der Waals surface area contributed by atoms with Gasteiger partial charge in [0.25, 0.3) is 5.56 Å². The van der Waals surface area contributed by atoms with Crippen molar-refractivity contribution in [1.82, 2.24) is 9.13 Å². The van der Waals surface area contributed by atoms with Crippen molar-refractivity contribution in [2.75, 3.05) is 11.9 Å². The number of fused-ring (bicyclic) bond motifs is 1. The van der Waals surface area contributed by atoms with Gasteiger partial charge in [-0.3, -0.25) is 14.2 Å². The molecule has 0 aliphatic rings. The van der Waals surface area contributed by atoms with Crippen LogP contribution in [0.1, 0.15) is 6.92 Å². The fourth-order valence-electron chi connectivity index (χ4n) is 3.49. The van der Waals surface area contributed by atoms with Crippen LogP contribution in [0, 0.1) is 0 Å². The summed E-state index contributed by atoms with van der Waals surface area (Å²) < 4.78 is 8.37. The lowest BCUT2D eigenvalue weighted by Gasteiger charge is -2.15. The molecule has 4 rings (SSSR count). The van der Waals surface area contributed by atoms with Crippen molar-refractivity contribution in [3.63, 3.8) is 0 Å². The van der Waals surface area contributed by atoms with Crippen molar-refractivity contribution in [2.45, 2.75) is 13.5 Å². The minimum absolute atomic E-state index is 0.287. The van der Waals surface area contributed by atoms with Crippen LogP contribution in [0.25, 0.3) is 16.6 Å². The van der Waals surface area contributed by atoms with Gasteiger partial charge in [0.1, 0.15) is 12.3 Å². The molecule has 0 fully saturated rings. The van der Waals surface area contributed by atoms with Gasteiger partial charge in [0.05, 0.1) is 23.2 Å². The molecule has 0 unspecified atom stereocenters. The van der Waals surface area contributed by atoms with Gasteiger partial charge in [-0.2, -0.15) is 0 Å². The first-order chi connectivity index (χ1) is 15.9. The molecular formula is C24H19BrClN3O4. The average Bonchev–Trinajstić information content (AvgIpc) is 2.78. The summed E-state index contributed by atoms with van der Waals surface area (Å²) in [6, 6.07) is 18.3. The molecule has 3 aromatic carbocycles. The number of hydrogen-bond acceptors (Lipinski definition) is 4. The van der Waals surface area contributed by atoms with Crippen LogP contribution in [0.3, 0.4) is 0 Å². The summed E-state index contributed by atoms with van der Waals surface area (Å²) >= 11 is 9.45. The molecule has 1 N–H and O–H groups in total. The Labute approximate surface area is 202 Å². The van der Waals surface area contributed by atoms with E-state index in [-0.39, 0.29) is 11.9 Å². The molecule has 4 aromatic rings. The quantitative estimate of drug-likeness (QED) is 0.396. The summed E-state index contributed by atoms with van der Waals surface area (Å²) in [6.07, 6.45) is 0. The van der Waals surface area contributed by atoms with E-state index in [2.05, 4.69) is 21.2 Å². The summed E-state index contributed by atoms with van der Waals surface area (Å²) in [5.41, 5.74) is 0.0979. The number of carbonyl (C=O) groups excluding carboxylic acids is 1. The van der Waals surface area contributed by atoms with Crippen LogP contribution in [0.5, 0.6) is 5.75 Å². The Bertz CT molecular complexity index is 1460. The normalized spacial score (nSPS) is 10.9. The molecule has 1 heterocycles. The van der Waals surface area contributed by atoms with Gasteiger partial charge in [0, 0.05) is 15.2 Å². The summed E-state index contributed by atoms with van der Waals surface area (Å²) in [6.45, 7) is 2.14. The molecule has 0 bridgehead atoms. The Morgan fingerprint density at radius 1 is 1.06 bits per heavy atom. The predicted octanol–water partition coefficient (Wildman–Crippen LogP) is 4.61. The molecule has 0 saturated heterocycles. The fourth-order valence-corrected chi connectivity index (χ4v) is 4.03. The highest BCUT2D eigenvalue weighted by Crippen LogP contribution is 2.19. The third-order valence-corrected chi connectivity index (χ3v) is 5.65. The topological polar surface area (TPSA) is 82.3 Å². The number of carbonyl (C=O) groups is 1. The van der Waals surface area contributed by atoms with E-state index in [1.165, 1.54) is 10.6 Å². The predicted molar refractivity (Wildman–Crippen MR) is 133 cm³/mol. The number of ether oxygens (including phenoxy) is 1. The van der Waals surface area contributed by atoms with Crippen molar-refractivity contribution in [2.24, 2.45) is 0 Å². The summed E-state index contributed by atoms with van der Waals surface area (Å²) in [5.74, 6) is 0.277. The molecule has 0 aliphatic carbocycles. The van der Waals surface area contributed by atoms with Crippen molar-refractivity contribution in [3.8, 4) is 11.4 Å². The Hall–Kier alpha value is -3.36. The van der Waals surface area contributed by atoms with Crippen LogP contribution >= 0.6 is 27.5 Å². The second kappa shape index (κ2) is 9.64. The molecule has 0 aliphatic heterocycles. The molecule has 168 valence electrons. The number of benzene rings is 3. The molecule has 7 nitrogen and oxygen atoms in total.